The van der Waals surface area contributed by atoms with Crippen LogP contribution in [0.15, 0.2) is 46.1 Å². The lowest BCUT2D eigenvalue weighted by Gasteiger charge is -2.37. The van der Waals surface area contributed by atoms with Crippen molar-refractivity contribution in [2.75, 3.05) is 5.75 Å². The van der Waals surface area contributed by atoms with Crippen molar-refractivity contribution in [1.82, 2.24) is 5.32 Å². The lowest BCUT2D eigenvalue weighted by atomic mass is 9.71. The van der Waals surface area contributed by atoms with E-state index in [0.717, 1.165) is 17.7 Å². The van der Waals surface area contributed by atoms with Crippen LogP contribution in [0.2, 0.25) is 5.02 Å². The molecule has 0 fully saturated rings. The van der Waals surface area contributed by atoms with Crippen LogP contribution < -0.4 is 5.32 Å². The summed E-state index contributed by atoms with van der Waals surface area (Å²) < 4.78 is 0. The number of halogens is 1. The first-order valence-corrected chi connectivity index (χ1v) is 10.2. The molecule has 1 aromatic carbocycles. The summed E-state index contributed by atoms with van der Waals surface area (Å²) in [6.07, 6.45) is 1.25. The maximum absolute atomic E-state index is 12.6. The fraction of sp³-hybridized carbons (Fsp3) is 0.381. The van der Waals surface area contributed by atoms with Gasteiger partial charge in [0.2, 0.25) is 0 Å². The molecule has 2 aliphatic rings. The molecule has 140 valence electrons. The molecule has 6 heteroatoms. The molecule has 1 heterocycles. The summed E-state index contributed by atoms with van der Waals surface area (Å²) in [4.78, 5) is 25.0. The van der Waals surface area contributed by atoms with Crippen molar-refractivity contribution in [1.29, 1.82) is 5.26 Å². The van der Waals surface area contributed by atoms with Crippen LogP contribution >= 0.6 is 23.4 Å². The average molecular weight is 401 g/mol. The monoisotopic (exact) mass is 400 g/mol. The van der Waals surface area contributed by atoms with Crippen molar-refractivity contribution >= 4 is 34.9 Å². The Kier molecular flexibility index (Phi) is 5.50. The SMILES string of the molecule is C[C@@H]1C(C#N)=C(SCC(=O)c2ccc(Cl)cc2)NC2=C1C(=O)CC(C)(C)C2. The highest BCUT2D eigenvalue weighted by Crippen LogP contribution is 2.43. The predicted molar refractivity (Wildman–Crippen MR) is 108 cm³/mol. The third kappa shape index (κ3) is 4.12. The van der Waals surface area contributed by atoms with Crippen molar-refractivity contribution in [3.05, 3.63) is 56.7 Å². The first-order valence-electron chi connectivity index (χ1n) is 8.81. The van der Waals surface area contributed by atoms with Gasteiger partial charge in [0.1, 0.15) is 0 Å². The summed E-state index contributed by atoms with van der Waals surface area (Å²) in [5.74, 6) is 0.0379. The highest BCUT2D eigenvalue weighted by molar-refractivity contribution is 8.03. The molecule has 0 spiro atoms. The number of nitrogens with zero attached hydrogens (tertiary/aromatic N) is 1. The van der Waals surface area contributed by atoms with Crippen LogP contribution in [0.25, 0.3) is 0 Å². The Bertz CT molecular complexity index is 907. The van der Waals surface area contributed by atoms with E-state index in [9.17, 15) is 14.9 Å². The van der Waals surface area contributed by atoms with E-state index < -0.39 is 0 Å². The van der Waals surface area contributed by atoms with Crippen molar-refractivity contribution < 1.29 is 9.59 Å². The van der Waals surface area contributed by atoms with Gasteiger partial charge in [0.25, 0.3) is 0 Å². The van der Waals surface area contributed by atoms with Gasteiger partial charge in [0, 0.05) is 34.2 Å². The van der Waals surface area contributed by atoms with Crippen LogP contribution in [-0.2, 0) is 4.79 Å². The van der Waals surface area contributed by atoms with Crippen LogP contribution in [0.3, 0.4) is 0 Å². The topological polar surface area (TPSA) is 70.0 Å². The van der Waals surface area contributed by atoms with Crippen molar-refractivity contribution in [2.24, 2.45) is 11.3 Å². The molecular weight excluding hydrogens is 380 g/mol. The van der Waals surface area contributed by atoms with E-state index in [4.69, 9.17) is 11.6 Å². The first-order chi connectivity index (χ1) is 12.7. The zero-order valence-corrected chi connectivity index (χ0v) is 17.1. The van der Waals surface area contributed by atoms with Crippen LogP contribution in [0.4, 0.5) is 0 Å². The Balaban J connectivity index is 1.80. The van der Waals surface area contributed by atoms with Gasteiger partial charge in [-0.05, 0) is 36.1 Å². The Hall–Kier alpha value is -2.03. The standard InChI is InChI=1S/C21H21ClN2O2S/c1-12-15(10-23)20(24-16-8-21(2,3)9-17(25)19(12)16)27-11-18(26)13-4-6-14(22)7-5-13/h4-7,12,24H,8-9,11H2,1-3H3/t12-/m1/s1. The van der Waals surface area contributed by atoms with E-state index in [1.807, 2.05) is 6.92 Å². The van der Waals surface area contributed by atoms with Gasteiger partial charge in [-0.2, -0.15) is 5.26 Å². The number of carbonyl (C=O) groups is 2. The van der Waals surface area contributed by atoms with Gasteiger partial charge >= 0.3 is 0 Å². The molecule has 1 aromatic rings. The maximum atomic E-state index is 12.6. The molecule has 0 bridgehead atoms. The van der Waals surface area contributed by atoms with E-state index in [2.05, 4.69) is 25.2 Å². The number of rotatable bonds is 4. The van der Waals surface area contributed by atoms with Gasteiger partial charge < -0.3 is 5.32 Å². The highest BCUT2D eigenvalue weighted by Gasteiger charge is 2.39. The summed E-state index contributed by atoms with van der Waals surface area (Å²) in [7, 11) is 0. The summed E-state index contributed by atoms with van der Waals surface area (Å²) >= 11 is 7.18. The molecule has 0 aromatic heterocycles. The number of thioether (sulfide) groups is 1. The quantitative estimate of drug-likeness (QED) is 0.730. The van der Waals surface area contributed by atoms with Crippen molar-refractivity contribution in [2.45, 2.75) is 33.6 Å². The number of nitrogens with one attached hydrogen (secondary N) is 1. The van der Waals surface area contributed by atoms with Gasteiger partial charge in [-0.15, -0.1) is 0 Å². The van der Waals surface area contributed by atoms with Gasteiger partial charge in [0.15, 0.2) is 11.6 Å². The van der Waals surface area contributed by atoms with Gasteiger partial charge in [-0.3, -0.25) is 9.59 Å². The molecule has 0 unspecified atom stereocenters. The molecule has 1 N–H and O–H groups in total. The lowest BCUT2D eigenvalue weighted by Crippen LogP contribution is -2.36. The van der Waals surface area contributed by atoms with Gasteiger partial charge in [-0.1, -0.05) is 44.1 Å². The predicted octanol–water partition coefficient (Wildman–Crippen LogP) is 4.87. The number of nitriles is 1. The fourth-order valence-corrected chi connectivity index (χ4v) is 4.75. The van der Waals surface area contributed by atoms with Crippen LogP contribution in [0, 0.1) is 22.7 Å². The second kappa shape index (κ2) is 7.53. The van der Waals surface area contributed by atoms with Crippen molar-refractivity contribution in [3.63, 3.8) is 0 Å². The average Bonchev–Trinajstić information content (AvgIpc) is 2.58. The number of Topliss-reactive ketones (excluding diaryl/α,β-unsaturated/α-hetero) is 2. The molecule has 1 aliphatic carbocycles. The minimum absolute atomic E-state index is 0.0317. The summed E-state index contributed by atoms with van der Waals surface area (Å²) in [6, 6.07) is 9.00. The second-order valence-corrected chi connectivity index (χ2v) is 9.18. The van der Waals surface area contributed by atoms with Crippen LogP contribution in [0.1, 0.15) is 44.0 Å². The molecule has 0 saturated carbocycles. The Morgan fingerprint density at radius 2 is 2.00 bits per heavy atom. The second-order valence-electron chi connectivity index (χ2n) is 7.75. The largest absolute Gasteiger partial charge is 0.352 e. The first kappa shape index (κ1) is 19.7. The number of dihydropyridines is 1. The minimum Gasteiger partial charge on any atom is -0.352 e. The number of benzene rings is 1. The normalized spacial score (nSPS) is 21.4. The molecular formula is C21H21ClN2O2S. The number of carbonyl (C=O) groups excluding carboxylic acids is 2. The van der Waals surface area contributed by atoms with E-state index in [1.165, 1.54) is 11.8 Å². The summed E-state index contributed by atoms with van der Waals surface area (Å²) in [5, 5.41) is 14.2. The summed E-state index contributed by atoms with van der Waals surface area (Å²) in [6.45, 7) is 6.04. The maximum Gasteiger partial charge on any atom is 0.173 e. The van der Waals surface area contributed by atoms with E-state index in [0.29, 0.717) is 27.6 Å². The molecule has 27 heavy (non-hydrogen) atoms. The Morgan fingerprint density at radius 1 is 1.33 bits per heavy atom. The van der Waals surface area contributed by atoms with Crippen LogP contribution in [0.5, 0.6) is 0 Å². The minimum atomic E-state index is -0.247. The molecule has 3 rings (SSSR count). The lowest BCUT2D eigenvalue weighted by molar-refractivity contribution is -0.118. The third-order valence-electron chi connectivity index (χ3n) is 4.93. The van der Waals surface area contributed by atoms with Crippen LogP contribution in [-0.4, -0.2) is 17.3 Å². The molecule has 4 nitrogen and oxygen atoms in total. The zero-order valence-electron chi connectivity index (χ0n) is 15.6. The molecule has 0 amide bonds. The number of allylic oxidation sites excluding steroid dienone is 3. The number of hydrogen-bond donors (Lipinski definition) is 1. The molecule has 1 aliphatic heterocycles. The smallest absolute Gasteiger partial charge is 0.173 e. The van der Waals surface area contributed by atoms with E-state index in [-0.39, 0.29) is 28.7 Å². The fourth-order valence-electron chi connectivity index (χ4n) is 3.61. The van der Waals surface area contributed by atoms with Crippen molar-refractivity contribution in [3.8, 4) is 6.07 Å². The zero-order chi connectivity index (χ0) is 19.8. The summed E-state index contributed by atoms with van der Waals surface area (Å²) in [5.41, 5.74) is 2.62. The highest BCUT2D eigenvalue weighted by atomic mass is 35.5. The molecule has 0 radical (unpaired) electrons. The number of ketones is 2. The molecule has 0 saturated heterocycles. The molecule has 1 atom stereocenters. The van der Waals surface area contributed by atoms with Gasteiger partial charge in [0.05, 0.1) is 22.4 Å². The Morgan fingerprint density at radius 3 is 2.63 bits per heavy atom. The third-order valence-corrected chi connectivity index (χ3v) is 6.20. The Labute approximate surface area is 168 Å². The van der Waals surface area contributed by atoms with Gasteiger partial charge in [-0.25, -0.2) is 0 Å². The number of hydrogen-bond acceptors (Lipinski definition) is 5. The van der Waals surface area contributed by atoms with E-state index in [1.54, 1.807) is 24.3 Å². The van der Waals surface area contributed by atoms with E-state index >= 15 is 0 Å².